The molecule has 1 nitrogen and oxygen atoms in total. The van der Waals surface area contributed by atoms with E-state index >= 15 is 0 Å². The van der Waals surface area contributed by atoms with Crippen LogP contribution in [0.2, 0.25) is 0 Å². The van der Waals surface area contributed by atoms with Gasteiger partial charge in [0.2, 0.25) is 0 Å². The fourth-order valence-corrected chi connectivity index (χ4v) is 3.47. The van der Waals surface area contributed by atoms with E-state index < -0.39 is 0 Å². The Kier molecular flexibility index (Phi) is 6.20. The molecular formula is C14H29NS. The molecule has 0 N–H and O–H groups in total. The third kappa shape index (κ3) is 3.66. The van der Waals surface area contributed by atoms with Crippen molar-refractivity contribution in [2.45, 2.75) is 52.9 Å². The Morgan fingerprint density at radius 3 is 2.44 bits per heavy atom. The maximum atomic E-state index is 4.57. The lowest BCUT2D eigenvalue weighted by atomic mass is 9.84. The summed E-state index contributed by atoms with van der Waals surface area (Å²) in [6, 6.07) is 0. The summed E-state index contributed by atoms with van der Waals surface area (Å²) in [6.07, 6.45) is 6.72. The third-order valence-corrected chi connectivity index (χ3v) is 5.13. The molecule has 1 atom stereocenters. The lowest BCUT2D eigenvalue weighted by Crippen LogP contribution is -2.37. The smallest absolute Gasteiger partial charge is 0.00457 e. The Bertz CT molecular complexity index is 181. The van der Waals surface area contributed by atoms with Crippen LogP contribution >= 0.6 is 12.6 Å². The molecule has 16 heavy (non-hydrogen) atoms. The van der Waals surface area contributed by atoms with Crippen LogP contribution in [0.25, 0.3) is 0 Å². The molecular weight excluding hydrogens is 214 g/mol. The van der Waals surface area contributed by atoms with Gasteiger partial charge in [-0.15, -0.1) is 0 Å². The first-order valence-corrected chi connectivity index (χ1v) is 7.66. The minimum absolute atomic E-state index is 0.463. The Morgan fingerprint density at radius 2 is 1.94 bits per heavy atom. The molecule has 96 valence electrons. The molecule has 0 radical (unpaired) electrons. The minimum atomic E-state index is 0.463. The van der Waals surface area contributed by atoms with E-state index in [1.165, 1.54) is 51.7 Å². The third-order valence-electron chi connectivity index (χ3n) is 4.46. The highest BCUT2D eigenvalue weighted by atomic mass is 32.1. The van der Waals surface area contributed by atoms with E-state index in [1.54, 1.807) is 0 Å². The van der Waals surface area contributed by atoms with E-state index in [-0.39, 0.29) is 0 Å². The summed E-state index contributed by atoms with van der Waals surface area (Å²) in [7, 11) is 0. The van der Waals surface area contributed by atoms with Gasteiger partial charge in [0.15, 0.2) is 0 Å². The van der Waals surface area contributed by atoms with Gasteiger partial charge < -0.3 is 4.90 Å². The molecule has 0 bridgehead atoms. The molecule has 0 aromatic carbocycles. The van der Waals surface area contributed by atoms with Gasteiger partial charge in [-0.3, -0.25) is 0 Å². The number of likely N-dealkylation sites (tertiary alicyclic amines) is 1. The average Bonchev–Trinajstić information content (AvgIpc) is 2.74. The molecule has 0 aliphatic carbocycles. The molecule has 0 spiro atoms. The maximum Gasteiger partial charge on any atom is 0.00457 e. The number of hydrogen-bond donors (Lipinski definition) is 1. The van der Waals surface area contributed by atoms with E-state index in [1.807, 2.05) is 0 Å². The van der Waals surface area contributed by atoms with Gasteiger partial charge in [-0.1, -0.05) is 27.2 Å². The zero-order chi connectivity index (χ0) is 12.0. The van der Waals surface area contributed by atoms with E-state index in [9.17, 15) is 0 Å². The van der Waals surface area contributed by atoms with Gasteiger partial charge in [-0.25, -0.2) is 0 Å². The van der Waals surface area contributed by atoms with Crippen LogP contribution in [0.4, 0.5) is 0 Å². The summed E-state index contributed by atoms with van der Waals surface area (Å²) < 4.78 is 0. The van der Waals surface area contributed by atoms with Gasteiger partial charge in [0.1, 0.15) is 0 Å². The summed E-state index contributed by atoms with van der Waals surface area (Å²) in [5.41, 5.74) is 0.463. The van der Waals surface area contributed by atoms with Crippen molar-refractivity contribution in [3.8, 4) is 0 Å². The molecule has 1 aliphatic rings. The fraction of sp³-hybridized carbons (Fsp3) is 1.00. The Labute approximate surface area is 107 Å². The van der Waals surface area contributed by atoms with Crippen LogP contribution in [0, 0.1) is 11.3 Å². The lowest BCUT2D eigenvalue weighted by Gasteiger charge is -2.34. The summed E-state index contributed by atoms with van der Waals surface area (Å²) in [5, 5.41) is 0. The van der Waals surface area contributed by atoms with E-state index in [2.05, 4.69) is 38.3 Å². The lowest BCUT2D eigenvalue weighted by molar-refractivity contribution is 0.179. The maximum absolute atomic E-state index is 4.57. The second-order valence-corrected chi connectivity index (χ2v) is 5.86. The van der Waals surface area contributed by atoms with Crippen molar-refractivity contribution in [3.05, 3.63) is 0 Å². The Balaban J connectivity index is 2.42. The second-order valence-electron chi connectivity index (χ2n) is 5.54. The molecule has 1 unspecified atom stereocenters. The van der Waals surface area contributed by atoms with Crippen LogP contribution in [-0.2, 0) is 0 Å². The number of rotatable bonds is 7. The van der Waals surface area contributed by atoms with Gasteiger partial charge in [0, 0.05) is 13.1 Å². The predicted molar refractivity (Wildman–Crippen MR) is 76.3 cm³/mol. The number of hydrogen-bond acceptors (Lipinski definition) is 2. The van der Waals surface area contributed by atoms with E-state index in [4.69, 9.17) is 0 Å². The normalized spacial score (nSPS) is 22.9. The van der Waals surface area contributed by atoms with Crippen molar-refractivity contribution < 1.29 is 0 Å². The SMILES string of the molecule is CCCC1CCN(CC(CC)(CC)CS)C1. The first-order valence-electron chi connectivity index (χ1n) is 7.03. The van der Waals surface area contributed by atoms with Crippen LogP contribution in [0.15, 0.2) is 0 Å². The molecule has 0 saturated carbocycles. The monoisotopic (exact) mass is 243 g/mol. The van der Waals surface area contributed by atoms with Gasteiger partial charge in [-0.05, 0) is 49.3 Å². The first kappa shape index (κ1) is 14.4. The van der Waals surface area contributed by atoms with Crippen molar-refractivity contribution >= 4 is 12.6 Å². The molecule has 0 aromatic rings. The van der Waals surface area contributed by atoms with Crippen molar-refractivity contribution in [1.82, 2.24) is 4.90 Å². The van der Waals surface area contributed by atoms with Gasteiger partial charge in [-0.2, -0.15) is 12.6 Å². The van der Waals surface area contributed by atoms with Crippen LogP contribution in [0.3, 0.4) is 0 Å². The predicted octanol–water partition coefficient (Wildman–Crippen LogP) is 3.84. The molecule has 0 aromatic heterocycles. The molecule has 1 fully saturated rings. The van der Waals surface area contributed by atoms with Crippen molar-refractivity contribution in [2.75, 3.05) is 25.4 Å². The highest BCUT2D eigenvalue weighted by Gasteiger charge is 2.30. The largest absolute Gasteiger partial charge is 0.302 e. The number of thiol groups is 1. The van der Waals surface area contributed by atoms with E-state index in [0.717, 1.165) is 11.7 Å². The first-order chi connectivity index (χ1) is 7.69. The topological polar surface area (TPSA) is 3.24 Å². The van der Waals surface area contributed by atoms with Crippen LogP contribution < -0.4 is 0 Å². The van der Waals surface area contributed by atoms with Gasteiger partial charge >= 0.3 is 0 Å². The molecule has 0 amide bonds. The fourth-order valence-electron chi connectivity index (χ4n) is 2.92. The summed E-state index contributed by atoms with van der Waals surface area (Å²) in [6.45, 7) is 10.9. The second kappa shape index (κ2) is 6.90. The summed E-state index contributed by atoms with van der Waals surface area (Å²) in [4.78, 5) is 2.68. The molecule has 1 saturated heterocycles. The van der Waals surface area contributed by atoms with Gasteiger partial charge in [0.05, 0.1) is 0 Å². The summed E-state index contributed by atoms with van der Waals surface area (Å²) in [5.74, 6) is 2.01. The highest BCUT2D eigenvalue weighted by Crippen LogP contribution is 2.31. The average molecular weight is 243 g/mol. The molecule has 1 aliphatic heterocycles. The zero-order valence-electron chi connectivity index (χ0n) is 11.3. The Morgan fingerprint density at radius 1 is 1.25 bits per heavy atom. The minimum Gasteiger partial charge on any atom is -0.302 e. The van der Waals surface area contributed by atoms with Crippen LogP contribution in [-0.4, -0.2) is 30.3 Å². The highest BCUT2D eigenvalue weighted by molar-refractivity contribution is 7.80. The van der Waals surface area contributed by atoms with Crippen LogP contribution in [0.5, 0.6) is 0 Å². The van der Waals surface area contributed by atoms with Crippen molar-refractivity contribution in [3.63, 3.8) is 0 Å². The molecule has 1 rings (SSSR count). The van der Waals surface area contributed by atoms with Crippen LogP contribution in [0.1, 0.15) is 52.9 Å². The Hall–Kier alpha value is 0.310. The van der Waals surface area contributed by atoms with E-state index in [0.29, 0.717) is 5.41 Å². The van der Waals surface area contributed by atoms with Crippen molar-refractivity contribution in [1.29, 1.82) is 0 Å². The molecule has 1 heterocycles. The standard InChI is InChI=1S/C14H29NS/c1-4-7-13-8-9-15(10-13)11-14(5-2,6-3)12-16/h13,16H,4-12H2,1-3H3. The molecule has 2 heteroatoms. The number of nitrogens with zero attached hydrogens (tertiary/aromatic N) is 1. The van der Waals surface area contributed by atoms with Crippen molar-refractivity contribution in [2.24, 2.45) is 11.3 Å². The van der Waals surface area contributed by atoms with Gasteiger partial charge in [0.25, 0.3) is 0 Å². The quantitative estimate of drug-likeness (QED) is 0.665. The zero-order valence-corrected chi connectivity index (χ0v) is 12.2. The summed E-state index contributed by atoms with van der Waals surface area (Å²) >= 11 is 4.57.